The predicted octanol–water partition coefficient (Wildman–Crippen LogP) is 2.26. The van der Waals surface area contributed by atoms with Crippen LogP contribution in [0.15, 0.2) is 18.2 Å². The van der Waals surface area contributed by atoms with Gasteiger partial charge in [0.15, 0.2) is 0 Å². The van der Waals surface area contributed by atoms with Gasteiger partial charge < -0.3 is 4.74 Å². The van der Waals surface area contributed by atoms with Crippen LogP contribution >= 0.6 is 0 Å². The average Bonchev–Trinajstić information content (AvgIpc) is 2.23. The second kappa shape index (κ2) is 5.17. The number of nitrogens with zero attached hydrogens (tertiary/aromatic N) is 2. The molecule has 1 rings (SSSR count). The van der Waals surface area contributed by atoms with E-state index < -0.39 is 6.09 Å². The quantitative estimate of drug-likeness (QED) is 0.715. The number of nitriles is 1. The molecule has 0 aliphatic rings. The largest absolute Gasteiger partial charge is 0.415 e. The van der Waals surface area contributed by atoms with E-state index in [-0.39, 0.29) is 6.54 Å². The minimum absolute atomic E-state index is 0.0176. The van der Waals surface area contributed by atoms with E-state index in [9.17, 15) is 4.79 Å². The molecule has 0 bridgehead atoms. The number of hydrogen-bond acceptors (Lipinski definition) is 3. The number of ether oxygens (including phenoxy) is 1. The van der Waals surface area contributed by atoms with Crippen LogP contribution in [0.4, 0.5) is 4.79 Å². The Balaban J connectivity index is 2.82. The molecule has 0 heterocycles. The van der Waals surface area contributed by atoms with Gasteiger partial charge in [0.05, 0.1) is 6.07 Å². The highest BCUT2D eigenvalue weighted by Gasteiger charge is 2.13. The second-order valence-electron chi connectivity index (χ2n) is 3.60. The van der Waals surface area contributed by atoms with Gasteiger partial charge in [-0.05, 0) is 25.0 Å². The summed E-state index contributed by atoms with van der Waals surface area (Å²) in [6.07, 6.45) is -0.515. The van der Waals surface area contributed by atoms with E-state index in [4.69, 9.17) is 10.00 Å². The maximum Gasteiger partial charge on any atom is 0.415 e. The van der Waals surface area contributed by atoms with E-state index in [0.29, 0.717) is 5.75 Å². The third-order valence-corrected chi connectivity index (χ3v) is 2.22. The standard InChI is InChI=1S/C12H14N2O2/c1-9-5-4-6-10(2)11(9)16-12(15)14(3)8-7-13/h4-6H,8H2,1-3H3. The summed E-state index contributed by atoms with van der Waals surface area (Å²) in [7, 11) is 1.53. The summed E-state index contributed by atoms with van der Waals surface area (Å²) in [6, 6.07) is 7.54. The minimum Gasteiger partial charge on any atom is -0.410 e. The van der Waals surface area contributed by atoms with Gasteiger partial charge in [0.25, 0.3) is 0 Å². The van der Waals surface area contributed by atoms with Gasteiger partial charge in [-0.3, -0.25) is 4.90 Å². The van der Waals surface area contributed by atoms with Crippen LogP contribution in [0.3, 0.4) is 0 Å². The molecule has 0 aliphatic carbocycles. The molecular weight excluding hydrogens is 204 g/mol. The van der Waals surface area contributed by atoms with E-state index in [1.165, 1.54) is 11.9 Å². The molecule has 0 N–H and O–H groups in total. The first-order valence-electron chi connectivity index (χ1n) is 4.92. The summed E-state index contributed by atoms with van der Waals surface area (Å²) in [5.74, 6) is 0.567. The molecular formula is C12H14N2O2. The van der Waals surface area contributed by atoms with Gasteiger partial charge in [-0.25, -0.2) is 4.79 Å². The first-order chi connectivity index (χ1) is 7.56. The topological polar surface area (TPSA) is 53.3 Å². The molecule has 0 saturated heterocycles. The fourth-order valence-corrected chi connectivity index (χ4v) is 1.30. The summed E-state index contributed by atoms with van der Waals surface area (Å²) in [4.78, 5) is 12.8. The van der Waals surface area contributed by atoms with Crippen LogP contribution in [0, 0.1) is 25.2 Å². The molecule has 0 radical (unpaired) electrons. The Morgan fingerprint density at radius 2 is 2.00 bits per heavy atom. The lowest BCUT2D eigenvalue weighted by Crippen LogP contribution is -2.30. The first-order valence-corrected chi connectivity index (χ1v) is 4.92. The van der Waals surface area contributed by atoms with E-state index in [0.717, 1.165) is 11.1 Å². The number of aryl methyl sites for hydroxylation is 2. The highest BCUT2D eigenvalue weighted by molar-refractivity contribution is 5.71. The Morgan fingerprint density at radius 3 is 2.50 bits per heavy atom. The molecule has 0 fully saturated rings. The monoisotopic (exact) mass is 218 g/mol. The number of amides is 1. The van der Waals surface area contributed by atoms with Crippen molar-refractivity contribution in [3.63, 3.8) is 0 Å². The number of benzene rings is 1. The smallest absolute Gasteiger partial charge is 0.410 e. The Kier molecular flexibility index (Phi) is 3.90. The summed E-state index contributed by atoms with van der Waals surface area (Å²) in [5, 5.41) is 8.46. The Hall–Kier alpha value is -2.02. The zero-order valence-electron chi connectivity index (χ0n) is 9.65. The summed E-state index contributed by atoms with van der Waals surface area (Å²) < 4.78 is 5.23. The van der Waals surface area contributed by atoms with Gasteiger partial charge >= 0.3 is 6.09 Å². The van der Waals surface area contributed by atoms with Gasteiger partial charge in [0, 0.05) is 7.05 Å². The van der Waals surface area contributed by atoms with Gasteiger partial charge in [-0.1, -0.05) is 18.2 Å². The fourth-order valence-electron chi connectivity index (χ4n) is 1.30. The number of rotatable bonds is 2. The summed E-state index contributed by atoms with van der Waals surface area (Å²) >= 11 is 0. The highest BCUT2D eigenvalue weighted by Crippen LogP contribution is 2.22. The van der Waals surface area contributed by atoms with E-state index >= 15 is 0 Å². The molecule has 1 aromatic carbocycles. The number of hydrogen-bond donors (Lipinski definition) is 0. The van der Waals surface area contributed by atoms with Crippen LogP contribution in [0.2, 0.25) is 0 Å². The maximum atomic E-state index is 11.6. The first kappa shape index (κ1) is 12.1. The van der Waals surface area contributed by atoms with Crippen molar-refractivity contribution in [1.82, 2.24) is 4.90 Å². The van der Waals surface area contributed by atoms with Gasteiger partial charge in [0.1, 0.15) is 12.3 Å². The highest BCUT2D eigenvalue weighted by atomic mass is 16.6. The van der Waals surface area contributed by atoms with Crippen molar-refractivity contribution in [1.29, 1.82) is 5.26 Å². The number of carbonyl (C=O) groups excluding carboxylic acids is 1. The molecule has 0 spiro atoms. The summed E-state index contributed by atoms with van der Waals surface area (Å²) in [6.45, 7) is 3.77. The van der Waals surface area contributed by atoms with Gasteiger partial charge in [0.2, 0.25) is 0 Å². The van der Waals surface area contributed by atoms with Crippen LogP contribution in [-0.2, 0) is 0 Å². The van der Waals surface area contributed by atoms with Crippen molar-refractivity contribution in [3.8, 4) is 11.8 Å². The molecule has 84 valence electrons. The van der Waals surface area contributed by atoms with Crippen molar-refractivity contribution in [2.45, 2.75) is 13.8 Å². The third-order valence-electron chi connectivity index (χ3n) is 2.22. The molecule has 0 saturated carbocycles. The Morgan fingerprint density at radius 1 is 1.44 bits per heavy atom. The SMILES string of the molecule is Cc1cccc(C)c1OC(=O)N(C)CC#N. The lowest BCUT2D eigenvalue weighted by molar-refractivity contribution is 0.167. The fraction of sp³-hybridized carbons (Fsp3) is 0.333. The zero-order valence-corrected chi connectivity index (χ0v) is 9.65. The van der Waals surface area contributed by atoms with Crippen LogP contribution in [0.25, 0.3) is 0 Å². The van der Waals surface area contributed by atoms with Gasteiger partial charge in [-0.15, -0.1) is 0 Å². The normalized spacial score (nSPS) is 9.38. The molecule has 0 aromatic heterocycles. The lowest BCUT2D eigenvalue weighted by atomic mass is 10.1. The van der Waals surface area contributed by atoms with Crippen molar-refractivity contribution >= 4 is 6.09 Å². The lowest BCUT2D eigenvalue weighted by Gasteiger charge is -2.15. The molecule has 1 aromatic rings. The van der Waals surface area contributed by atoms with Crippen LogP contribution in [-0.4, -0.2) is 24.6 Å². The van der Waals surface area contributed by atoms with E-state index in [1.54, 1.807) is 0 Å². The van der Waals surface area contributed by atoms with Crippen molar-refractivity contribution in [2.75, 3.05) is 13.6 Å². The molecule has 0 atom stereocenters. The maximum absolute atomic E-state index is 11.6. The van der Waals surface area contributed by atoms with Crippen LogP contribution in [0.1, 0.15) is 11.1 Å². The van der Waals surface area contributed by atoms with Gasteiger partial charge in [-0.2, -0.15) is 5.26 Å². The van der Waals surface area contributed by atoms with Crippen LogP contribution < -0.4 is 4.74 Å². The number of carbonyl (C=O) groups is 1. The predicted molar refractivity (Wildman–Crippen MR) is 60.2 cm³/mol. The van der Waals surface area contributed by atoms with E-state index in [1.807, 2.05) is 38.1 Å². The molecule has 4 heteroatoms. The van der Waals surface area contributed by atoms with Crippen LogP contribution in [0.5, 0.6) is 5.75 Å². The summed E-state index contributed by atoms with van der Waals surface area (Å²) in [5.41, 5.74) is 1.80. The Bertz CT molecular complexity index is 415. The zero-order chi connectivity index (χ0) is 12.1. The third kappa shape index (κ3) is 2.74. The minimum atomic E-state index is -0.515. The molecule has 16 heavy (non-hydrogen) atoms. The molecule has 0 unspecified atom stereocenters. The van der Waals surface area contributed by atoms with Crippen molar-refractivity contribution < 1.29 is 9.53 Å². The number of para-hydroxylation sites is 1. The second-order valence-corrected chi connectivity index (χ2v) is 3.60. The Labute approximate surface area is 95.0 Å². The molecule has 1 amide bonds. The van der Waals surface area contributed by atoms with E-state index in [2.05, 4.69) is 0 Å². The van der Waals surface area contributed by atoms with Crippen molar-refractivity contribution in [3.05, 3.63) is 29.3 Å². The van der Waals surface area contributed by atoms with Crippen molar-refractivity contribution in [2.24, 2.45) is 0 Å². The molecule has 4 nitrogen and oxygen atoms in total. The molecule has 0 aliphatic heterocycles. The average molecular weight is 218 g/mol.